The number of hydrogen-bond donors (Lipinski definition) is 3. The van der Waals surface area contributed by atoms with Crippen LogP contribution >= 0.6 is 11.3 Å². The molecule has 1 atom stereocenters. The molecule has 0 aliphatic rings. The van der Waals surface area contributed by atoms with Crippen molar-refractivity contribution in [1.29, 1.82) is 0 Å². The second kappa shape index (κ2) is 8.12. The summed E-state index contributed by atoms with van der Waals surface area (Å²) in [5, 5.41) is 17.8. The van der Waals surface area contributed by atoms with E-state index < -0.39 is 0 Å². The molecule has 3 N–H and O–H groups in total. The van der Waals surface area contributed by atoms with E-state index in [1.54, 1.807) is 11.3 Å². The van der Waals surface area contributed by atoms with Crippen LogP contribution in [0.5, 0.6) is 0 Å². The molecule has 19 heavy (non-hydrogen) atoms. The van der Waals surface area contributed by atoms with Crippen LogP contribution in [0.2, 0.25) is 0 Å². The van der Waals surface area contributed by atoms with Gasteiger partial charge in [0.2, 0.25) is 0 Å². The fourth-order valence-corrected chi connectivity index (χ4v) is 2.46. The van der Waals surface area contributed by atoms with Crippen molar-refractivity contribution in [2.45, 2.75) is 39.7 Å². The Balaban J connectivity index is 2.23. The minimum atomic E-state index is -0.230. The largest absolute Gasteiger partial charge is 0.394 e. The minimum absolute atomic E-state index is 0.0309. The summed E-state index contributed by atoms with van der Waals surface area (Å²) >= 11 is 1.61. The fraction of sp³-hybridized carbons (Fsp3) is 0.692. The number of amides is 2. The number of urea groups is 1. The lowest BCUT2D eigenvalue weighted by atomic mass is 10.0. The maximum atomic E-state index is 11.6. The minimum Gasteiger partial charge on any atom is -0.394 e. The Kier molecular flexibility index (Phi) is 6.80. The molecule has 0 unspecified atom stereocenters. The third-order valence-electron chi connectivity index (χ3n) is 2.64. The van der Waals surface area contributed by atoms with Crippen molar-refractivity contribution < 1.29 is 9.90 Å². The number of carbonyl (C=O) groups excluding carboxylic acids is 1. The first-order chi connectivity index (χ1) is 9.01. The second-order valence-electron chi connectivity index (χ2n) is 5.02. The third-order valence-corrected chi connectivity index (χ3v) is 3.47. The molecule has 0 aromatic carbocycles. The lowest BCUT2D eigenvalue weighted by Gasteiger charge is -2.18. The van der Waals surface area contributed by atoms with Crippen molar-refractivity contribution in [2.24, 2.45) is 5.92 Å². The van der Waals surface area contributed by atoms with E-state index in [0.717, 1.165) is 23.5 Å². The highest BCUT2D eigenvalue weighted by atomic mass is 32.1. The number of thiazole rings is 1. The molecule has 0 saturated carbocycles. The second-order valence-corrected chi connectivity index (χ2v) is 6.08. The van der Waals surface area contributed by atoms with Crippen LogP contribution in [0.25, 0.3) is 0 Å². The number of hydrogen-bond acceptors (Lipinski definition) is 4. The summed E-state index contributed by atoms with van der Waals surface area (Å²) in [6.45, 7) is 6.61. The standard InChI is InChI=1S/C13H23N3O2S/c1-9(2)6-12(7-17)16-13(18)14-5-4-11-8-19-10(3)15-11/h8-9,12,17H,4-7H2,1-3H3,(H2,14,16,18)/t12-/m0/s1. The van der Waals surface area contributed by atoms with Gasteiger partial charge < -0.3 is 15.7 Å². The van der Waals surface area contributed by atoms with Crippen molar-refractivity contribution in [3.05, 3.63) is 16.1 Å². The summed E-state index contributed by atoms with van der Waals surface area (Å²) in [4.78, 5) is 16.0. The lowest BCUT2D eigenvalue weighted by Crippen LogP contribution is -2.44. The predicted molar refractivity (Wildman–Crippen MR) is 77.4 cm³/mol. The molecule has 0 aliphatic heterocycles. The topological polar surface area (TPSA) is 74.2 Å². The Morgan fingerprint density at radius 2 is 2.26 bits per heavy atom. The Morgan fingerprint density at radius 1 is 1.53 bits per heavy atom. The van der Waals surface area contributed by atoms with Crippen LogP contribution in [-0.2, 0) is 6.42 Å². The summed E-state index contributed by atoms with van der Waals surface area (Å²) in [7, 11) is 0. The van der Waals surface area contributed by atoms with Crippen molar-refractivity contribution >= 4 is 17.4 Å². The highest BCUT2D eigenvalue weighted by Gasteiger charge is 2.12. The van der Waals surface area contributed by atoms with Crippen LogP contribution in [0.4, 0.5) is 4.79 Å². The molecule has 0 fully saturated rings. The van der Waals surface area contributed by atoms with Gasteiger partial charge in [0.05, 0.1) is 23.4 Å². The van der Waals surface area contributed by atoms with Gasteiger partial charge in [-0.25, -0.2) is 9.78 Å². The maximum Gasteiger partial charge on any atom is 0.315 e. The molecule has 0 radical (unpaired) electrons. The van der Waals surface area contributed by atoms with Gasteiger partial charge >= 0.3 is 6.03 Å². The lowest BCUT2D eigenvalue weighted by molar-refractivity contribution is 0.207. The normalized spacial score (nSPS) is 12.5. The number of carbonyl (C=O) groups is 1. The molecule has 1 aromatic heterocycles. The van der Waals surface area contributed by atoms with Crippen LogP contribution in [0, 0.1) is 12.8 Å². The van der Waals surface area contributed by atoms with Gasteiger partial charge in [0.15, 0.2) is 0 Å². The summed E-state index contributed by atoms with van der Waals surface area (Å²) in [5.74, 6) is 0.440. The van der Waals surface area contributed by atoms with Crippen molar-refractivity contribution in [3.8, 4) is 0 Å². The highest BCUT2D eigenvalue weighted by Crippen LogP contribution is 2.07. The van der Waals surface area contributed by atoms with E-state index in [1.165, 1.54) is 0 Å². The first kappa shape index (κ1) is 15.9. The Morgan fingerprint density at radius 3 is 2.79 bits per heavy atom. The monoisotopic (exact) mass is 285 g/mol. The number of rotatable bonds is 7. The van der Waals surface area contributed by atoms with Gasteiger partial charge in [-0.05, 0) is 19.3 Å². The SMILES string of the molecule is Cc1nc(CCNC(=O)N[C@H](CO)CC(C)C)cs1. The maximum absolute atomic E-state index is 11.6. The zero-order valence-corrected chi connectivity index (χ0v) is 12.6. The van der Waals surface area contributed by atoms with Gasteiger partial charge in [-0.15, -0.1) is 11.3 Å². The predicted octanol–water partition coefficient (Wildman–Crippen LogP) is 1.70. The average molecular weight is 285 g/mol. The van der Waals surface area contributed by atoms with Gasteiger partial charge in [0.25, 0.3) is 0 Å². The number of aliphatic hydroxyl groups excluding tert-OH is 1. The van der Waals surface area contributed by atoms with E-state index >= 15 is 0 Å². The number of aryl methyl sites for hydroxylation is 1. The molecule has 1 heterocycles. The Labute approximate surface area is 118 Å². The fourth-order valence-electron chi connectivity index (χ4n) is 1.81. The van der Waals surface area contributed by atoms with Gasteiger partial charge in [-0.1, -0.05) is 13.8 Å². The van der Waals surface area contributed by atoms with E-state index in [0.29, 0.717) is 12.5 Å². The molecular formula is C13H23N3O2S. The Bertz CT molecular complexity index is 393. The summed E-state index contributed by atoms with van der Waals surface area (Å²) < 4.78 is 0. The van der Waals surface area contributed by atoms with Crippen LogP contribution in [0.3, 0.4) is 0 Å². The molecule has 2 amide bonds. The van der Waals surface area contributed by atoms with Crippen molar-refractivity contribution in [3.63, 3.8) is 0 Å². The van der Waals surface area contributed by atoms with Gasteiger partial charge in [0.1, 0.15) is 0 Å². The van der Waals surface area contributed by atoms with E-state index in [-0.39, 0.29) is 18.7 Å². The number of nitrogens with zero attached hydrogens (tertiary/aromatic N) is 1. The van der Waals surface area contributed by atoms with Crippen molar-refractivity contribution in [2.75, 3.05) is 13.2 Å². The molecule has 6 heteroatoms. The summed E-state index contributed by atoms with van der Waals surface area (Å²) in [5.41, 5.74) is 1.00. The van der Waals surface area contributed by atoms with E-state index in [2.05, 4.69) is 29.5 Å². The first-order valence-electron chi connectivity index (χ1n) is 6.57. The zero-order chi connectivity index (χ0) is 14.3. The van der Waals surface area contributed by atoms with Crippen LogP contribution in [0.1, 0.15) is 31.0 Å². The number of nitrogens with one attached hydrogen (secondary N) is 2. The van der Waals surface area contributed by atoms with Crippen LogP contribution in [-0.4, -0.2) is 35.3 Å². The highest BCUT2D eigenvalue weighted by molar-refractivity contribution is 7.09. The van der Waals surface area contributed by atoms with Crippen molar-refractivity contribution in [1.82, 2.24) is 15.6 Å². The van der Waals surface area contributed by atoms with Crippen LogP contribution in [0.15, 0.2) is 5.38 Å². The Hall–Kier alpha value is -1.14. The number of aromatic nitrogens is 1. The quantitative estimate of drug-likeness (QED) is 0.714. The van der Waals surface area contributed by atoms with Gasteiger partial charge in [-0.3, -0.25) is 0 Å². The van der Waals surface area contributed by atoms with E-state index in [4.69, 9.17) is 0 Å². The summed E-state index contributed by atoms with van der Waals surface area (Å²) in [6, 6.07) is -0.409. The molecule has 0 spiro atoms. The third kappa shape index (κ3) is 6.54. The average Bonchev–Trinajstić information content (AvgIpc) is 2.73. The molecule has 0 bridgehead atoms. The van der Waals surface area contributed by atoms with Gasteiger partial charge in [0, 0.05) is 18.3 Å². The molecule has 0 saturated heterocycles. The molecule has 5 nitrogen and oxygen atoms in total. The van der Waals surface area contributed by atoms with E-state index in [9.17, 15) is 9.90 Å². The summed E-state index contributed by atoms with van der Waals surface area (Å²) in [6.07, 6.45) is 1.50. The zero-order valence-electron chi connectivity index (χ0n) is 11.8. The molecule has 1 aromatic rings. The molecule has 1 rings (SSSR count). The van der Waals surface area contributed by atoms with Gasteiger partial charge in [-0.2, -0.15) is 0 Å². The molecular weight excluding hydrogens is 262 g/mol. The van der Waals surface area contributed by atoms with E-state index in [1.807, 2.05) is 12.3 Å². The van der Waals surface area contributed by atoms with Crippen LogP contribution < -0.4 is 10.6 Å². The molecule has 108 valence electrons. The number of aliphatic hydroxyl groups is 1. The molecule has 0 aliphatic carbocycles. The first-order valence-corrected chi connectivity index (χ1v) is 7.45. The smallest absolute Gasteiger partial charge is 0.315 e.